The quantitative estimate of drug-likeness (QED) is 0.0829. The van der Waals surface area contributed by atoms with Crippen molar-refractivity contribution in [1.29, 1.82) is 0 Å². The van der Waals surface area contributed by atoms with Gasteiger partial charge in [0.05, 0.1) is 26.5 Å². The molecule has 0 saturated heterocycles. The number of carboxylic acid groups (broad SMARTS) is 1. The SMILES string of the molecule is CC(C)n1cnnc1-c1cccc(-c2ncc(-c3cccc(C(=O)Nc4ccccc4)c3)o2)n1.CC(C)n1cnnc1-c1cccc(-c2ncco2)n1.Nc1ccccc1.O=C(Nc1ccccc1)c1cccc(Br)c1.O=C(O)c1cccc(Br)c1.[2H]CF. The van der Waals surface area contributed by atoms with Gasteiger partial charge in [0.25, 0.3) is 11.8 Å². The number of pyridine rings is 2. The minimum Gasteiger partial charge on any atom is -0.478 e. The lowest BCUT2D eigenvalue weighted by Crippen LogP contribution is -2.11. The summed E-state index contributed by atoms with van der Waals surface area (Å²) in [5, 5.41) is 30.5. The fraction of sp³-hybridized carbons (Fsp3) is 0.106. The van der Waals surface area contributed by atoms with Crippen LogP contribution in [-0.2, 0) is 0 Å². The van der Waals surface area contributed by atoms with E-state index in [-0.39, 0.29) is 23.9 Å². The van der Waals surface area contributed by atoms with Gasteiger partial charge in [0.2, 0.25) is 11.8 Å². The van der Waals surface area contributed by atoms with Crippen LogP contribution in [0.5, 0.6) is 0 Å². The molecule has 0 unspecified atom stereocenters. The number of nitrogen functional groups attached to an aromatic ring is 1. The molecule has 2 amide bonds. The van der Waals surface area contributed by atoms with Gasteiger partial charge in [0, 0.05) is 54.8 Å². The van der Waals surface area contributed by atoms with Gasteiger partial charge in [0.1, 0.15) is 41.7 Å². The number of carbonyl (C=O) groups excluding carboxylic acids is 2. The Hall–Kier alpha value is -10.6. The third-order valence-corrected chi connectivity index (χ3v) is 13.0. The topological polar surface area (TPSA) is 261 Å². The fourth-order valence-corrected chi connectivity index (χ4v) is 8.61. The number of oxazole rings is 2. The van der Waals surface area contributed by atoms with E-state index in [9.17, 15) is 18.8 Å². The molecule has 0 bridgehead atoms. The molecule has 6 heterocycles. The highest BCUT2D eigenvalue weighted by Crippen LogP contribution is 2.29. The van der Waals surface area contributed by atoms with Crippen molar-refractivity contribution in [3.8, 4) is 57.5 Å². The normalized spacial score (nSPS) is 10.4. The Morgan fingerprint density at radius 3 is 1.45 bits per heavy atom. The first-order chi connectivity index (χ1) is 43.1. The molecule has 0 atom stereocenters. The van der Waals surface area contributed by atoms with Crippen LogP contribution in [-0.4, -0.2) is 79.5 Å². The Labute approximate surface area is 525 Å². The minimum absolute atomic E-state index is 0.104. The molecule has 6 aromatic heterocycles. The van der Waals surface area contributed by atoms with Crippen molar-refractivity contribution in [2.75, 3.05) is 23.5 Å². The third kappa shape index (κ3) is 19.2. The Morgan fingerprint density at radius 1 is 0.568 bits per heavy atom. The number of hydrogen-bond donors (Lipinski definition) is 4. The van der Waals surface area contributed by atoms with Crippen LogP contribution in [0.1, 0.15) is 72.2 Å². The summed E-state index contributed by atoms with van der Waals surface area (Å²) in [7, 11) is -1.00. The first-order valence-corrected chi connectivity index (χ1v) is 28.5. The largest absolute Gasteiger partial charge is 0.478 e. The van der Waals surface area contributed by atoms with Gasteiger partial charge < -0.3 is 39.4 Å². The predicted molar refractivity (Wildman–Crippen MR) is 346 cm³/mol. The maximum absolute atomic E-state index is 12.7. The van der Waals surface area contributed by atoms with E-state index >= 15 is 0 Å². The average molecular weight is 1310 g/mol. The van der Waals surface area contributed by atoms with Crippen molar-refractivity contribution in [1.82, 2.24) is 49.5 Å². The number of hydrogen-bond acceptors (Lipinski definition) is 14. The first kappa shape index (κ1) is 63.4. The molecule has 0 aliphatic heterocycles. The highest BCUT2D eigenvalue weighted by atomic mass is 79.9. The van der Waals surface area contributed by atoms with Gasteiger partial charge in [-0.05, 0) is 137 Å². The van der Waals surface area contributed by atoms with Crippen LogP contribution in [0.15, 0.2) is 249 Å². The lowest BCUT2D eigenvalue weighted by atomic mass is 10.1. The monoisotopic (exact) mass is 1310 g/mol. The number of aromatic nitrogens is 10. The Bertz CT molecular complexity index is 4140. The summed E-state index contributed by atoms with van der Waals surface area (Å²) >= 11 is 6.50. The highest BCUT2D eigenvalue weighted by Gasteiger charge is 2.17. The molecule has 12 rings (SSSR count). The lowest BCUT2D eigenvalue weighted by molar-refractivity contribution is 0.0696. The van der Waals surface area contributed by atoms with Crippen molar-refractivity contribution >= 4 is 66.7 Å². The summed E-state index contributed by atoms with van der Waals surface area (Å²) < 4.78 is 32.4. The van der Waals surface area contributed by atoms with E-state index in [1.807, 2.05) is 161 Å². The standard InChI is InChI=1S/C26H22N6O2.C13H10BrNO.C13H13N5O.C7H5BrO2.C6H7N.CH3F/c1-17(2)32-16-28-31-24(32)21-12-7-13-22(30-21)26-27-15-23(34-26)18-8-6-9-19(14-18)25(33)29-20-10-4-3-5-11-20;14-11-6-4-5-10(9-11)13(16)15-12-7-2-1-3-8-12;1-9(2)18-8-15-17-12(18)10-4-3-5-11(16-10)13-14-6-7-19-13;8-6-3-1-2-5(4-6)7(9)10;7-6-4-2-1-3-5-6;1-2/h3-17H,1-2H3,(H,29,33);1-9H,(H,15,16);3-9H,1-2H3;1-4H,(H,9,10);1-5H,7H2;1H3/i;;;;;1D. The number of amides is 2. The highest BCUT2D eigenvalue weighted by molar-refractivity contribution is 9.10. The molecule has 0 spiro atoms. The van der Waals surface area contributed by atoms with E-state index in [4.69, 9.17) is 21.0 Å². The number of nitrogens with one attached hydrogen (secondary N) is 2. The second-order valence-corrected chi connectivity index (χ2v) is 20.8. The number of benzene rings is 6. The summed E-state index contributed by atoms with van der Waals surface area (Å²) in [5.74, 6) is 1.64. The number of halogens is 3. The number of alkyl halides is 1. The van der Waals surface area contributed by atoms with Crippen molar-refractivity contribution in [2.45, 2.75) is 39.8 Å². The second-order valence-electron chi connectivity index (χ2n) is 19.0. The van der Waals surface area contributed by atoms with Gasteiger partial charge in [-0.3, -0.25) is 14.0 Å². The van der Waals surface area contributed by atoms with E-state index in [0.29, 0.717) is 57.1 Å². The van der Waals surface area contributed by atoms with E-state index in [1.54, 1.807) is 73.6 Å². The first-order valence-electron chi connectivity index (χ1n) is 27.6. The number of nitrogens with two attached hydrogens (primary N) is 1. The average Bonchev–Trinajstić information content (AvgIpc) is 2.49. The second kappa shape index (κ2) is 33.2. The molecule has 22 heteroatoms. The molecule has 0 fully saturated rings. The molecule has 0 saturated carbocycles. The number of para-hydroxylation sites is 3. The number of nitrogens with zero attached hydrogens (tertiary/aromatic N) is 10. The van der Waals surface area contributed by atoms with Crippen LogP contribution in [0, 0.1) is 0 Å². The van der Waals surface area contributed by atoms with Gasteiger partial charge >= 0.3 is 5.97 Å². The van der Waals surface area contributed by atoms with Crippen LogP contribution < -0.4 is 16.4 Å². The van der Waals surface area contributed by atoms with Crippen molar-refractivity contribution in [3.63, 3.8) is 0 Å². The van der Waals surface area contributed by atoms with Crippen LogP contribution in [0.4, 0.5) is 21.5 Å². The maximum atomic E-state index is 12.7. The molecule has 88 heavy (non-hydrogen) atoms. The molecule has 12 aromatic rings. The molecular formula is C66H60Br2FN13O6. The lowest BCUT2D eigenvalue weighted by Gasteiger charge is -2.09. The summed E-state index contributed by atoms with van der Waals surface area (Å²) in [4.78, 5) is 52.5. The predicted octanol–water partition coefficient (Wildman–Crippen LogP) is 15.8. The van der Waals surface area contributed by atoms with E-state index in [0.717, 1.165) is 43.1 Å². The summed E-state index contributed by atoms with van der Waals surface area (Å²) in [6.07, 6.45) is 8.16. The smallest absolute Gasteiger partial charge is 0.335 e. The van der Waals surface area contributed by atoms with Crippen LogP contribution in [0.3, 0.4) is 0 Å². The zero-order valence-electron chi connectivity index (χ0n) is 49.0. The summed E-state index contributed by atoms with van der Waals surface area (Å²) in [6, 6.07) is 61.0. The van der Waals surface area contributed by atoms with E-state index in [1.165, 1.54) is 6.26 Å². The van der Waals surface area contributed by atoms with Crippen LogP contribution in [0.2, 0.25) is 0 Å². The molecule has 0 aliphatic carbocycles. The molecule has 19 nitrogen and oxygen atoms in total. The van der Waals surface area contributed by atoms with Crippen molar-refractivity contribution in [2.24, 2.45) is 0 Å². The van der Waals surface area contributed by atoms with Gasteiger partial charge in [-0.1, -0.05) is 123 Å². The molecule has 6 aromatic carbocycles. The van der Waals surface area contributed by atoms with Gasteiger partial charge in [-0.15, -0.1) is 20.4 Å². The third-order valence-electron chi connectivity index (χ3n) is 12.0. The zero-order chi connectivity index (χ0) is 63.5. The number of carbonyl (C=O) groups is 3. The maximum Gasteiger partial charge on any atom is 0.335 e. The van der Waals surface area contributed by atoms with Gasteiger partial charge in [-0.25, -0.2) is 24.7 Å². The number of rotatable bonds is 12. The van der Waals surface area contributed by atoms with Crippen LogP contribution in [0.25, 0.3) is 57.5 Å². The molecule has 0 aliphatic rings. The van der Waals surface area contributed by atoms with Crippen molar-refractivity contribution in [3.05, 3.63) is 257 Å². The number of carboxylic acids is 1. The summed E-state index contributed by atoms with van der Waals surface area (Å²) in [5.41, 5.74) is 12.6. The summed E-state index contributed by atoms with van der Waals surface area (Å²) in [6.45, 7) is 8.27. The molecule has 5 N–H and O–H groups in total. The molecule has 0 radical (unpaired) electrons. The number of anilines is 3. The Kier molecular flexibility index (Phi) is 23.9. The van der Waals surface area contributed by atoms with Crippen LogP contribution >= 0.6 is 31.9 Å². The fourth-order valence-electron chi connectivity index (χ4n) is 7.81. The van der Waals surface area contributed by atoms with Crippen molar-refractivity contribution < 1.29 is 34.1 Å². The minimum atomic E-state index is -1.00. The molecular weight excluding hydrogens is 1250 g/mol. The van der Waals surface area contributed by atoms with Gasteiger partial charge in [0.15, 0.2) is 17.4 Å². The van der Waals surface area contributed by atoms with Gasteiger partial charge in [-0.2, -0.15) is 0 Å². The zero-order valence-corrected chi connectivity index (χ0v) is 51.1. The Morgan fingerprint density at radius 2 is 1.01 bits per heavy atom. The number of aromatic carboxylic acids is 1. The molecule has 446 valence electrons. The Balaban J connectivity index is 0.000000173. The van der Waals surface area contributed by atoms with E-state index < -0.39 is 13.1 Å². The van der Waals surface area contributed by atoms with E-state index in [2.05, 4.69) is 111 Å².